The second-order valence-corrected chi connectivity index (χ2v) is 6.34. The highest BCUT2D eigenvalue weighted by molar-refractivity contribution is 6.32. The monoisotopic (exact) mass is 387 g/mol. The van der Waals surface area contributed by atoms with Crippen molar-refractivity contribution < 1.29 is 28.2 Å². The van der Waals surface area contributed by atoms with Crippen LogP contribution in [-0.4, -0.2) is 31.9 Å². The number of allylic oxidation sites excluding steroid dienone is 1. The Kier molecular flexibility index (Phi) is 8.38. The van der Waals surface area contributed by atoms with E-state index in [0.29, 0.717) is 5.57 Å². The van der Waals surface area contributed by atoms with Crippen LogP contribution in [0.4, 0.5) is 14.9 Å². The number of rotatable bonds is 7. The van der Waals surface area contributed by atoms with Crippen molar-refractivity contribution in [3.8, 4) is 5.75 Å². The lowest BCUT2D eigenvalue weighted by atomic mass is 10.1. The molecule has 1 rings (SSSR count). The molecular formula is C18H23ClFNO5. The van der Waals surface area contributed by atoms with Gasteiger partial charge in [0, 0.05) is 6.07 Å². The van der Waals surface area contributed by atoms with Crippen LogP contribution in [0.3, 0.4) is 0 Å². The molecule has 0 aliphatic rings. The van der Waals surface area contributed by atoms with Crippen molar-refractivity contribution in [2.45, 2.75) is 33.8 Å². The van der Waals surface area contributed by atoms with Crippen LogP contribution < -0.4 is 10.1 Å². The molecule has 1 aromatic rings. The van der Waals surface area contributed by atoms with Gasteiger partial charge in [0.05, 0.1) is 24.4 Å². The number of carbonyl (C=O) groups excluding carboxylic acids is 2. The number of amides is 1. The van der Waals surface area contributed by atoms with Gasteiger partial charge in [0.2, 0.25) is 6.10 Å². The van der Waals surface area contributed by atoms with Crippen LogP contribution in [0, 0.1) is 11.7 Å². The third-order valence-electron chi connectivity index (χ3n) is 3.35. The Morgan fingerprint density at radius 1 is 1.35 bits per heavy atom. The Morgan fingerprint density at radius 2 is 2.00 bits per heavy atom. The first-order valence-corrected chi connectivity index (χ1v) is 8.37. The van der Waals surface area contributed by atoms with Crippen molar-refractivity contribution in [1.82, 2.24) is 0 Å². The molecule has 0 aromatic heterocycles. The average Bonchev–Trinajstić information content (AvgIpc) is 2.59. The zero-order chi connectivity index (χ0) is 19.9. The quantitative estimate of drug-likeness (QED) is 0.548. The number of carbonyl (C=O) groups is 2. The minimum atomic E-state index is -1.23. The van der Waals surface area contributed by atoms with Crippen LogP contribution >= 0.6 is 11.6 Å². The minimum Gasteiger partial charge on any atom is -0.495 e. The molecule has 0 radical (unpaired) electrons. The van der Waals surface area contributed by atoms with E-state index in [9.17, 15) is 14.0 Å². The number of halogens is 2. The van der Waals surface area contributed by atoms with Gasteiger partial charge in [-0.15, -0.1) is 0 Å². The fourth-order valence-corrected chi connectivity index (χ4v) is 2.06. The van der Waals surface area contributed by atoms with Gasteiger partial charge < -0.3 is 14.2 Å². The summed E-state index contributed by atoms with van der Waals surface area (Å²) in [5, 5.41) is 2.29. The molecule has 8 heteroatoms. The molecule has 1 unspecified atom stereocenters. The van der Waals surface area contributed by atoms with Gasteiger partial charge >= 0.3 is 12.1 Å². The second kappa shape index (κ2) is 10.0. The molecule has 26 heavy (non-hydrogen) atoms. The summed E-state index contributed by atoms with van der Waals surface area (Å²) in [6.45, 7) is 7.29. The molecule has 6 nitrogen and oxygen atoms in total. The van der Waals surface area contributed by atoms with Crippen LogP contribution in [0.25, 0.3) is 0 Å². The van der Waals surface area contributed by atoms with E-state index in [1.54, 1.807) is 19.9 Å². The summed E-state index contributed by atoms with van der Waals surface area (Å²) in [4.78, 5) is 24.3. The third-order valence-corrected chi connectivity index (χ3v) is 3.64. The molecule has 1 aromatic carbocycles. The predicted molar refractivity (Wildman–Crippen MR) is 97.1 cm³/mol. The fourth-order valence-electron chi connectivity index (χ4n) is 1.83. The third kappa shape index (κ3) is 6.22. The average molecular weight is 388 g/mol. The summed E-state index contributed by atoms with van der Waals surface area (Å²) < 4.78 is 29.2. The molecule has 0 saturated heterocycles. The number of ether oxygens (including phenoxy) is 3. The highest BCUT2D eigenvalue weighted by Crippen LogP contribution is 2.30. The van der Waals surface area contributed by atoms with E-state index in [0.717, 1.165) is 6.07 Å². The van der Waals surface area contributed by atoms with E-state index in [4.69, 9.17) is 25.8 Å². The van der Waals surface area contributed by atoms with E-state index in [2.05, 4.69) is 5.32 Å². The normalized spacial score (nSPS) is 12.5. The van der Waals surface area contributed by atoms with Crippen molar-refractivity contribution in [1.29, 1.82) is 0 Å². The van der Waals surface area contributed by atoms with Crippen molar-refractivity contribution in [3.63, 3.8) is 0 Å². The number of hydrogen-bond acceptors (Lipinski definition) is 5. The lowest BCUT2D eigenvalue weighted by molar-refractivity contribution is -0.152. The van der Waals surface area contributed by atoms with Gasteiger partial charge in [-0.25, -0.2) is 14.0 Å². The summed E-state index contributed by atoms with van der Waals surface area (Å²) >= 11 is 5.81. The minimum absolute atomic E-state index is 0.0591. The van der Waals surface area contributed by atoms with Crippen molar-refractivity contribution in [2.24, 2.45) is 5.92 Å². The molecule has 0 spiro atoms. The smallest absolute Gasteiger partial charge is 0.412 e. The standard InChI is InChI=1S/C18H23ClFNO5/c1-6-11(4)16(17(22)25-9-10(2)3)26-18(23)21-14-8-15(24-5)12(19)7-13(14)20/h6-8,10,16H,9H2,1-5H3,(H,21,23). The van der Waals surface area contributed by atoms with E-state index in [-0.39, 0.29) is 29.0 Å². The van der Waals surface area contributed by atoms with E-state index in [1.807, 2.05) is 13.8 Å². The van der Waals surface area contributed by atoms with Crippen molar-refractivity contribution >= 4 is 29.4 Å². The molecule has 0 bridgehead atoms. The van der Waals surface area contributed by atoms with Gasteiger partial charge in [0.15, 0.2) is 0 Å². The summed E-state index contributed by atoms with van der Waals surface area (Å²) in [7, 11) is 1.36. The summed E-state index contributed by atoms with van der Waals surface area (Å²) in [6.07, 6.45) is -0.613. The predicted octanol–water partition coefficient (Wildman–Crippen LogP) is 4.57. The zero-order valence-electron chi connectivity index (χ0n) is 15.4. The van der Waals surface area contributed by atoms with E-state index < -0.39 is 24.0 Å². The van der Waals surface area contributed by atoms with Crippen molar-refractivity contribution in [3.05, 3.63) is 34.6 Å². The highest BCUT2D eigenvalue weighted by atomic mass is 35.5. The summed E-state index contributed by atoms with van der Waals surface area (Å²) in [5.41, 5.74) is 0.298. The summed E-state index contributed by atoms with van der Waals surface area (Å²) in [5.74, 6) is -1.15. The Labute approximate surface area is 157 Å². The number of benzene rings is 1. The van der Waals surface area contributed by atoms with Gasteiger partial charge in [0.25, 0.3) is 0 Å². The molecule has 0 fully saturated rings. The molecule has 1 amide bonds. The highest BCUT2D eigenvalue weighted by Gasteiger charge is 2.27. The van der Waals surface area contributed by atoms with Crippen LogP contribution in [0.15, 0.2) is 23.8 Å². The topological polar surface area (TPSA) is 73.9 Å². The number of methoxy groups -OCH3 is 1. The second-order valence-electron chi connectivity index (χ2n) is 5.93. The SMILES string of the molecule is CC=C(C)C(OC(=O)Nc1cc(OC)c(Cl)cc1F)C(=O)OCC(C)C. The van der Waals surface area contributed by atoms with Gasteiger partial charge in [-0.1, -0.05) is 31.5 Å². The lowest BCUT2D eigenvalue weighted by Gasteiger charge is -2.19. The first kappa shape index (κ1) is 21.8. The maximum atomic E-state index is 13.9. The maximum Gasteiger partial charge on any atom is 0.412 e. The Balaban J connectivity index is 2.89. The van der Waals surface area contributed by atoms with Crippen LogP contribution in [0.1, 0.15) is 27.7 Å². The largest absolute Gasteiger partial charge is 0.495 e. The zero-order valence-corrected chi connectivity index (χ0v) is 16.1. The number of nitrogens with one attached hydrogen (secondary N) is 1. The maximum absolute atomic E-state index is 13.9. The van der Waals surface area contributed by atoms with Crippen molar-refractivity contribution in [2.75, 3.05) is 19.0 Å². The van der Waals surface area contributed by atoms with E-state index in [1.165, 1.54) is 13.2 Å². The van der Waals surface area contributed by atoms with E-state index >= 15 is 0 Å². The molecular weight excluding hydrogens is 365 g/mol. The van der Waals surface area contributed by atoms with Crippen LogP contribution in [-0.2, 0) is 14.3 Å². The molecule has 144 valence electrons. The number of hydrogen-bond donors (Lipinski definition) is 1. The molecule has 0 aliphatic carbocycles. The van der Waals surface area contributed by atoms with Gasteiger partial charge in [0.1, 0.15) is 11.6 Å². The first-order valence-electron chi connectivity index (χ1n) is 7.99. The van der Waals surface area contributed by atoms with Gasteiger partial charge in [-0.05, 0) is 31.4 Å². The fraction of sp³-hybridized carbons (Fsp3) is 0.444. The molecule has 0 heterocycles. The van der Waals surface area contributed by atoms with Crippen LogP contribution in [0.5, 0.6) is 5.75 Å². The molecule has 1 atom stereocenters. The lowest BCUT2D eigenvalue weighted by Crippen LogP contribution is -2.33. The Morgan fingerprint density at radius 3 is 2.54 bits per heavy atom. The van der Waals surface area contributed by atoms with Gasteiger partial charge in [-0.2, -0.15) is 0 Å². The first-order chi connectivity index (χ1) is 12.2. The summed E-state index contributed by atoms with van der Waals surface area (Å²) in [6, 6.07) is 2.22. The van der Waals surface area contributed by atoms with Gasteiger partial charge in [-0.3, -0.25) is 5.32 Å². The Hall–Kier alpha value is -2.28. The molecule has 1 N–H and O–H groups in total. The Bertz CT molecular complexity index is 690. The van der Waals surface area contributed by atoms with Crippen LogP contribution in [0.2, 0.25) is 5.02 Å². The number of esters is 1. The molecule has 0 aliphatic heterocycles. The molecule has 0 saturated carbocycles. The number of anilines is 1.